The van der Waals surface area contributed by atoms with Crippen molar-refractivity contribution in [1.82, 2.24) is 4.57 Å². The van der Waals surface area contributed by atoms with Crippen LogP contribution < -0.4 is 0 Å². The van der Waals surface area contributed by atoms with Crippen molar-refractivity contribution in [3.8, 4) is 11.4 Å². The van der Waals surface area contributed by atoms with Crippen molar-refractivity contribution in [2.75, 3.05) is 0 Å². The number of benzene rings is 2. The molecule has 2 N–H and O–H groups in total. The highest BCUT2D eigenvalue weighted by Gasteiger charge is 2.23. The number of carboxylic acid groups (broad SMARTS) is 1. The molecule has 0 saturated heterocycles. The number of carbonyl (C=O) groups is 1. The first-order valence-electron chi connectivity index (χ1n) is 7.34. The van der Waals surface area contributed by atoms with Crippen LogP contribution in [0.2, 0.25) is 0 Å². The third-order valence-corrected chi connectivity index (χ3v) is 4.00. The highest BCUT2D eigenvalue weighted by atomic mass is 16.4. The van der Waals surface area contributed by atoms with E-state index in [1.807, 2.05) is 48.8 Å². The molecule has 0 saturated carbocycles. The summed E-state index contributed by atoms with van der Waals surface area (Å²) in [7, 11) is 0. The highest BCUT2D eigenvalue weighted by molar-refractivity contribution is 6.08. The first-order valence-corrected chi connectivity index (χ1v) is 7.34. The third kappa shape index (κ3) is 2.38. The Morgan fingerprint density at radius 2 is 1.74 bits per heavy atom. The lowest BCUT2D eigenvalue weighted by Gasteiger charge is -2.12. The zero-order valence-corrected chi connectivity index (χ0v) is 12.9. The van der Waals surface area contributed by atoms with Gasteiger partial charge in [0.2, 0.25) is 0 Å². The molecular weight excluding hydrogens is 290 g/mol. The van der Waals surface area contributed by atoms with Crippen LogP contribution in [-0.4, -0.2) is 20.7 Å². The molecule has 1 aromatic heterocycles. The lowest BCUT2D eigenvalue weighted by molar-refractivity contribution is 0.0698. The van der Waals surface area contributed by atoms with Crippen molar-refractivity contribution in [2.45, 2.75) is 13.8 Å². The Morgan fingerprint density at radius 1 is 1.09 bits per heavy atom. The molecule has 0 bridgehead atoms. The van der Waals surface area contributed by atoms with Crippen molar-refractivity contribution in [2.24, 2.45) is 0 Å². The maximum Gasteiger partial charge on any atom is 0.338 e. The largest absolute Gasteiger partial charge is 0.508 e. The van der Waals surface area contributed by atoms with Gasteiger partial charge in [0.15, 0.2) is 0 Å². The number of phenolic OH excluding ortho intramolecular Hbond substituents is 1. The molecule has 1 heterocycles. The predicted octanol–water partition coefficient (Wildman–Crippen LogP) is 4.46. The van der Waals surface area contributed by atoms with E-state index < -0.39 is 5.97 Å². The van der Waals surface area contributed by atoms with Crippen LogP contribution >= 0.6 is 0 Å². The Kier molecular flexibility index (Phi) is 3.66. The molecule has 0 aliphatic carbocycles. The number of para-hydroxylation sites is 1. The molecule has 23 heavy (non-hydrogen) atoms. The Balaban J connectivity index is 2.48. The van der Waals surface area contributed by atoms with Gasteiger partial charge >= 0.3 is 5.97 Å². The van der Waals surface area contributed by atoms with Gasteiger partial charge in [0, 0.05) is 11.1 Å². The molecule has 2 aromatic carbocycles. The summed E-state index contributed by atoms with van der Waals surface area (Å²) >= 11 is 0. The van der Waals surface area contributed by atoms with Gasteiger partial charge in [0.25, 0.3) is 0 Å². The smallest absolute Gasteiger partial charge is 0.338 e. The Bertz CT molecular complexity index is 918. The van der Waals surface area contributed by atoms with E-state index in [1.165, 1.54) is 0 Å². The third-order valence-electron chi connectivity index (χ3n) is 4.00. The van der Waals surface area contributed by atoms with Crippen molar-refractivity contribution < 1.29 is 15.0 Å². The number of allylic oxidation sites excluding steroid dienone is 2. The fourth-order valence-corrected chi connectivity index (χ4v) is 2.84. The topological polar surface area (TPSA) is 62.5 Å². The summed E-state index contributed by atoms with van der Waals surface area (Å²) in [6.07, 6.45) is 1.90. The molecule has 0 atom stereocenters. The number of fused-ring (bicyclic) bond motifs is 1. The maximum absolute atomic E-state index is 11.9. The van der Waals surface area contributed by atoms with Crippen molar-refractivity contribution in [1.29, 1.82) is 0 Å². The maximum atomic E-state index is 11.9. The van der Waals surface area contributed by atoms with E-state index in [4.69, 9.17) is 0 Å². The molecule has 0 aliphatic rings. The summed E-state index contributed by atoms with van der Waals surface area (Å²) in [5, 5.41) is 20.0. The molecule has 0 unspecified atom stereocenters. The van der Waals surface area contributed by atoms with E-state index in [2.05, 4.69) is 0 Å². The zero-order valence-electron chi connectivity index (χ0n) is 12.9. The second-order valence-electron chi connectivity index (χ2n) is 5.37. The van der Waals surface area contributed by atoms with Gasteiger partial charge in [-0.3, -0.25) is 0 Å². The van der Waals surface area contributed by atoms with Crippen LogP contribution in [-0.2, 0) is 0 Å². The Morgan fingerprint density at radius 3 is 2.35 bits per heavy atom. The van der Waals surface area contributed by atoms with Crippen molar-refractivity contribution >= 4 is 22.4 Å². The summed E-state index contributed by atoms with van der Waals surface area (Å²) in [5.41, 5.74) is 3.47. The number of aromatic nitrogens is 1. The Labute approximate surface area is 133 Å². The monoisotopic (exact) mass is 307 g/mol. The number of hydrogen-bond acceptors (Lipinski definition) is 2. The molecule has 4 nitrogen and oxygen atoms in total. The summed E-state index contributed by atoms with van der Waals surface area (Å²) in [4.78, 5) is 11.9. The predicted molar refractivity (Wildman–Crippen MR) is 91.2 cm³/mol. The SMILES string of the molecule is C/C=C(/C)c1c(C(=O)O)c2ccccc2n1-c1ccc(O)cc1. The zero-order chi connectivity index (χ0) is 16.6. The minimum absolute atomic E-state index is 0.174. The number of rotatable bonds is 3. The number of carboxylic acids is 1. The first-order chi connectivity index (χ1) is 11.0. The number of hydrogen-bond donors (Lipinski definition) is 2. The average molecular weight is 307 g/mol. The summed E-state index contributed by atoms with van der Waals surface area (Å²) in [6, 6.07) is 14.2. The number of aromatic carboxylic acids is 1. The van der Waals surface area contributed by atoms with Gasteiger partial charge < -0.3 is 14.8 Å². The molecule has 4 heteroatoms. The van der Waals surface area contributed by atoms with Gasteiger partial charge in [-0.2, -0.15) is 0 Å². The van der Waals surface area contributed by atoms with Gasteiger partial charge in [0.05, 0.1) is 16.8 Å². The minimum atomic E-state index is -0.949. The number of nitrogens with zero attached hydrogens (tertiary/aromatic N) is 1. The number of phenols is 1. The normalized spacial score (nSPS) is 11.8. The van der Waals surface area contributed by atoms with Crippen LogP contribution in [0, 0.1) is 0 Å². The molecule has 3 aromatic rings. The molecule has 0 spiro atoms. The van der Waals surface area contributed by atoms with E-state index >= 15 is 0 Å². The number of aromatic hydroxyl groups is 1. The minimum Gasteiger partial charge on any atom is -0.508 e. The fraction of sp³-hybridized carbons (Fsp3) is 0.105. The van der Waals surface area contributed by atoms with E-state index in [0.29, 0.717) is 16.6 Å². The van der Waals surface area contributed by atoms with Gasteiger partial charge in [-0.25, -0.2) is 4.79 Å². The molecule has 116 valence electrons. The van der Waals surface area contributed by atoms with Crippen molar-refractivity contribution in [3.63, 3.8) is 0 Å². The first kappa shape index (κ1) is 14.9. The fourth-order valence-electron chi connectivity index (χ4n) is 2.84. The quantitative estimate of drug-likeness (QED) is 0.751. The van der Waals surface area contributed by atoms with Gasteiger partial charge in [0.1, 0.15) is 5.75 Å². The second kappa shape index (κ2) is 5.65. The lowest BCUT2D eigenvalue weighted by Crippen LogP contribution is -2.04. The molecule has 0 fully saturated rings. The summed E-state index contributed by atoms with van der Waals surface area (Å²) in [6.45, 7) is 3.79. The molecule has 0 amide bonds. The molecule has 0 radical (unpaired) electrons. The highest BCUT2D eigenvalue weighted by Crippen LogP contribution is 2.34. The van der Waals surface area contributed by atoms with E-state index in [1.54, 1.807) is 24.3 Å². The van der Waals surface area contributed by atoms with Crippen LogP contribution in [0.15, 0.2) is 54.6 Å². The van der Waals surface area contributed by atoms with Crippen LogP contribution in [0.25, 0.3) is 22.2 Å². The van der Waals surface area contributed by atoms with Crippen LogP contribution in [0.3, 0.4) is 0 Å². The summed E-state index contributed by atoms with van der Waals surface area (Å²) in [5.74, 6) is -0.775. The molecule has 0 aliphatic heterocycles. The van der Waals surface area contributed by atoms with Crippen LogP contribution in [0.1, 0.15) is 29.9 Å². The van der Waals surface area contributed by atoms with E-state index in [0.717, 1.165) is 16.8 Å². The second-order valence-corrected chi connectivity index (χ2v) is 5.37. The van der Waals surface area contributed by atoms with Gasteiger partial charge in [-0.1, -0.05) is 24.3 Å². The van der Waals surface area contributed by atoms with Crippen LogP contribution in [0.5, 0.6) is 5.75 Å². The lowest BCUT2D eigenvalue weighted by atomic mass is 10.1. The average Bonchev–Trinajstić information content (AvgIpc) is 2.90. The molecular formula is C19H17NO3. The summed E-state index contributed by atoms with van der Waals surface area (Å²) < 4.78 is 1.92. The van der Waals surface area contributed by atoms with E-state index in [-0.39, 0.29) is 5.75 Å². The van der Waals surface area contributed by atoms with Crippen molar-refractivity contribution in [3.05, 3.63) is 65.9 Å². The van der Waals surface area contributed by atoms with Crippen LogP contribution in [0.4, 0.5) is 0 Å². The Hall–Kier alpha value is -3.01. The van der Waals surface area contributed by atoms with E-state index in [9.17, 15) is 15.0 Å². The van der Waals surface area contributed by atoms with Gasteiger partial charge in [-0.15, -0.1) is 0 Å². The standard InChI is InChI=1S/C19H17NO3/c1-3-12(2)18-17(19(22)23)15-6-4-5-7-16(15)20(18)13-8-10-14(21)11-9-13/h3-11,21H,1-2H3,(H,22,23)/b12-3-. The molecule has 3 rings (SSSR count). The van der Waals surface area contributed by atoms with Gasteiger partial charge in [-0.05, 0) is 49.8 Å².